The van der Waals surface area contributed by atoms with Crippen molar-refractivity contribution in [3.05, 3.63) is 125 Å². The largest absolute Gasteiger partial charge is 0.282 e. The SMILES string of the molecule is Cc1sc2c(c1C)C(c1ccc(Cl)cc1)=NC([B]C1N=C(c3ccc(Cl)cc3)c3c(sc(C)c3C)-n3c(C)nnc31)c1nnc(C)n1-2. The van der Waals surface area contributed by atoms with E-state index in [2.05, 4.69) is 54.3 Å². The summed E-state index contributed by atoms with van der Waals surface area (Å²) in [6, 6.07) is 15.7. The van der Waals surface area contributed by atoms with E-state index in [4.69, 9.17) is 43.4 Å². The molecule has 2 aromatic carbocycles. The third-order valence-corrected chi connectivity index (χ3v) is 11.9. The molecule has 2 aliphatic heterocycles. The number of hydrogen-bond donors (Lipinski definition) is 0. The van der Waals surface area contributed by atoms with Crippen LogP contribution in [0.5, 0.6) is 0 Å². The Morgan fingerprint density at radius 3 is 1.34 bits per heavy atom. The molecule has 0 amide bonds. The van der Waals surface area contributed by atoms with E-state index in [9.17, 15) is 0 Å². The van der Waals surface area contributed by atoms with E-state index in [1.165, 1.54) is 20.9 Å². The molecule has 0 saturated heterocycles. The predicted molar refractivity (Wildman–Crippen MR) is 192 cm³/mol. The minimum Gasteiger partial charge on any atom is -0.282 e. The van der Waals surface area contributed by atoms with Crippen LogP contribution in [0.25, 0.3) is 10.0 Å². The van der Waals surface area contributed by atoms with Gasteiger partial charge < -0.3 is 0 Å². The Bertz CT molecular complexity index is 2120. The first-order chi connectivity index (χ1) is 22.6. The van der Waals surface area contributed by atoms with Crippen LogP contribution >= 0.6 is 45.9 Å². The van der Waals surface area contributed by atoms with Crippen LogP contribution in [0.2, 0.25) is 10.0 Å². The Balaban J connectivity index is 1.36. The first-order valence-electron chi connectivity index (χ1n) is 15.2. The number of aromatic nitrogens is 6. The van der Waals surface area contributed by atoms with Gasteiger partial charge in [0.15, 0.2) is 18.9 Å². The Kier molecular flexibility index (Phi) is 7.36. The molecule has 2 aliphatic rings. The molecule has 4 aromatic heterocycles. The standard InChI is InChI=1S/C34H28BCl2N8S2/c1-15-17(3)46-33-25(15)27(21-7-11-23(36)12-8-21)38-29(31-42-40-19(5)44(31)33)35-30-32-43-41-20(6)45(32)34-26(16(2)18(4)47-34)28(39-30)22-9-13-24(37)14-10-22/h7-14,29-30H,1-6H3. The molecule has 2 atom stereocenters. The second-order valence-electron chi connectivity index (χ2n) is 11.9. The summed E-state index contributed by atoms with van der Waals surface area (Å²) in [6.07, 6.45) is 0. The monoisotopic (exact) mass is 693 g/mol. The number of halogens is 2. The third kappa shape index (κ3) is 4.86. The molecular weight excluding hydrogens is 666 g/mol. The average Bonchev–Trinajstić information content (AvgIpc) is 3.73. The average molecular weight is 695 g/mol. The molecule has 2 unspecified atom stereocenters. The van der Waals surface area contributed by atoms with Crippen LogP contribution in [0, 0.1) is 41.5 Å². The number of fused-ring (bicyclic) bond motifs is 6. The van der Waals surface area contributed by atoms with Crippen molar-refractivity contribution in [1.29, 1.82) is 0 Å². The van der Waals surface area contributed by atoms with Gasteiger partial charge in [0.2, 0.25) is 0 Å². The van der Waals surface area contributed by atoms with Gasteiger partial charge in [0.05, 0.1) is 23.3 Å². The van der Waals surface area contributed by atoms with Crippen LogP contribution in [-0.4, -0.2) is 48.2 Å². The molecular formula is C34H28BCl2N8S2. The maximum Gasteiger partial charge on any atom is 0.197 e. The molecule has 0 N–H and O–H groups in total. The van der Waals surface area contributed by atoms with Crippen molar-refractivity contribution in [2.45, 2.75) is 53.4 Å². The molecule has 0 bridgehead atoms. The van der Waals surface area contributed by atoms with Gasteiger partial charge in [-0.05, 0) is 76.9 Å². The van der Waals surface area contributed by atoms with Crippen molar-refractivity contribution in [3.8, 4) is 10.0 Å². The van der Waals surface area contributed by atoms with E-state index < -0.39 is 11.9 Å². The van der Waals surface area contributed by atoms with Gasteiger partial charge in [0.1, 0.15) is 21.7 Å². The third-order valence-electron chi connectivity index (χ3n) is 8.98. The molecule has 1 radical (unpaired) electrons. The predicted octanol–water partition coefficient (Wildman–Crippen LogP) is 8.23. The van der Waals surface area contributed by atoms with Gasteiger partial charge in [-0.15, -0.1) is 43.1 Å². The van der Waals surface area contributed by atoms with Crippen LogP contribution < -0.4 is 0 Å². The van der Waals surface area contributed by atoms with Crippen molar-refractivity contribution < 1.29 is 0 Å². The van der Waals surface area contributed by atoms with Crippen molar-refractivity contribution >= 4 is 64.6 Å². The molecule has 233 valence electrons. The maximum absolute atomic E-state index is 6.34. The topological polar surface area (TPSA) is 86.1 Å². The summed E-state index contributed by atoms with van der Waals surface area (Å²) >= 11 is 16.1. The highest BCUT2D eigenvalue weighted by molar-refractivity contribution is 7.15. The molecule has 13 heteroatoms. The second-order valence-corrected chi connectivity index (χ2v) is 15.1. The summed E-state index contributed by atoms with van der Waals surface area (Å²) in [5, 5.41) is 22.0. The summed E-state index contributed by atoms with van der Waals surface area (Å²) in [4.78, 5) is 13.4. The van der Waals surface area contributed by atoms with Crippen LogP contribution in [0.1, 0.15) is 78.3 Å². The first kappa shape index (κ1) is 30.4. The van der Waals surface area contributed by atoms with E-state index in [0.29, 0.717) is 10.0 Å². The van der Waals surface area contributed by atoms with Crippen LogP contribution in [0.4, 0.5) is 0 Å². The number of hydrogen-bond acceptors (Lipinski definition) is 8. The van der Waals surface area contributed by atoms with Crippen molar-refractivity contribution in [2.75, 3.05) is 0 Å². The number of thiophene rings is 2. The molecule has 6 heterocycles. The molecule has 47 heavy (non-hydrogen) atoms. The molecule has 0 fully saturated rings. The van der Waals surface area contributed by atoms with E-state index >= 15 is 0 Å². The zero-order valence-electron chi connectivity index (χ0n) is 26.5. The molecule has 0 aliphatic carbocycles. The van der Waals surface area contributed by atoms with Gasteiger partial charge in [-0.2, -0.15) is 0 Å². The zero-order chi connectivity index (χ0) is 32.7. The summed E-state index contributed by atoms with van der Waals surface area (Å²) in [5.74, 6) is 2.03. The van der Waals surface area contributed by atoms with Crippen LogP contribution in [0.15, 0.2) is 58.5 Å². The Morgan fingerprint density at radius 1 is 0.574 bits per heavy atom. The zero-order valence-corrected chi connectivity index (χ0v) is 29.6. The first-order valence-corrected chi connectivity index (χ1v) is 17.6. The highest BCUT2D eigenvalue weighted by atomic mass is 35.5. The Hall–Kier alpha value is -3.90. The van der Waals surface area contributed by atoms with Gasteiger partial charge in [0, 0.05) is 42.1 Å². The fourth-order valence-electron chi connectivity index (χ4n) is 6.34. The Morgan fingerprint density at radius 2 is 0.957 bits per heavy atom. The van der Waals surface area contributed by atoms with Gasteiger partial charge in [-0.1, -0.05) is 47.5 Å². The summed E-state index contributed by atoms with van der Waals surface area (Å²) in [6.45, 7) is 12.6. The lowest BCUT2D eigenvalue weighted by Gasteiger charge is -2.17. The quantitative estimate of drug-likeness (QED) is 0.174. The number of aliphatic imine (C=N–C) groups is 2. The summed E-state index contributed by atoms with van der Waals surface area (Å²) in [7, 11) is 2.13. The van der Waals surface area contributed by atoms with E-state index in [1.807, 2.05) is 62.4 Å². The fraction of sp³-hybridized carbons (Fsp3) is 0.235. The molecule has 8 rings (SSSR count). The van der Waals surface area contributed by atoms with E-state index in [-0.39, 0.29) is 0 Å². The van der Waals surface area contributed by atoms with Crippen LogP contribution in [-0.2, 0) is 0 Å². The van der Waals surface area contributed by atoms with Gasteiger partial charge in [0.25, 0.3) is 0 Å². The van der Waals surface area contributed by atoms with Crippen molar-refractivity contribution in [3.63, 3.8) is 0 Å². The smallest absolute Gasteiger partial charge is 0.197 e. The number of rotatable bonds is 4. The lowest BCUT2D eigenvalue weighted by molar-refractivity contribution is 0.783. The normalized spacial score (nSPS) is 16.8. The Labute approximate surface area is 291 Å². The van der Waals surface area contributed by atoms with Gasteiger partial charge in [-0.25, -0.2) is 0 Å². The number of nitrogens with zero attached hydrogens (tertiary/aromatic N) is 8. The number of benzene rings is 2. The molecule has 0 spiro atoms. The lowest BCUT2D eigenvalue weighted by atomic mass is 9.61. The summed E-state index contributed by atoms with van der Waals surface area (Å²) in [5.41, 5.74) is 8.23. The second kappa shape index (κ2) is 11.4. The van der Waals surface area contributed by atoms with Crippen molar-refractivity contribution in [2.24, 2.45) is 9.98 Å². The van der Waals surface area contributed by atoms with E-state index in [0.717, 1.165) is 67.0 Å². The molecule has 6 aromatic rings. The fourth-order valence-corrected chi connectivity index (χ4v) is 9.02. The van der Waals surface area contributed by atoms with Crippen LogP contribution in [0.3, 0.4) is 0 Å². The summed E-state index contributed by atoms with van der Waals surface area (Å²) < 4.78 is 4.29. The highest BCUT2D eigenvalue weighted by Crippen LogP contribution is 2.42. The van der Waals surface area contributed by atoms with Gasteiger partial charge >= 0.3 is 0 Å². The van der Waals surface area contributed by atoms with Gasteiger partial charge in [-0.3, -0.25) is 19.1 Å². The highest BCUT2D eigenvalue weighted by Gasteiger charge is 2.37. The molecule has 0 saturated carbocycles. The minimum atomic E-state index is -0.508. The minimum absolute atomic E-state index is 0.508. The number of aryl methyl sites for hydroxylation is 4. The lowest BCUT2D eigenvalue weighted by Crippen LogP contribution is -2.21. The van der Waals surface area contributed by atoms with E-state index in [1.54, 1.807) is 22.7 Å². The maximum atomic E-state index is 6.34. The van der Waals surface area contributed by atoms with Crippen molar-refractivity contribution in [1.82, 2.24) is 29.5 Å². The molecule has 8 nitrogen and oxygen atoms in total.